The number of carbonyl (C=O) groups excluding carboxylic acids is 1. The highest BCUT2D eigenvalue weighted by Gasteiger charge is 2.14. The van der Waals surface area contributed by atoms with Crippen molar-refractivity contribution < 1.29 is 13.9 Å². The maximum Gasteiger partial charge on any atom is 0.324 e. The van der Waals surface area contributed by atoms with Gasteiger partial charge in [0.05, 0.1) is 21.6 Å². The van der Waals surface area contributed by atoms with Crippen LogP contribution in [0.2, 0.25) is 0 Å². The van der Waals surface area contributed by atoms with E-state index in [4.69, 9.17) is 4.74 Å². The first-order valence-electron chi connectivity index (χ1n) is 11.8. The lowest BCUT2D eigenvalue weighted by Gasteiger charge is -2.30. The molecule has 0 spiro atoms. The molecule has 1 aliphatic rings. The van der Waals surface area contributed by atoms with E-state index in [1.165, 1.54) is 23.5 Å². The molecule has 5 rings (SSSR count). The van der Waals surface area contributed by atoms with E-state index >= 15 is 0 Å². The van der Waals surface area contributed by atoms with Gasteiger partial charge < -0.3 is 15.0 Å². The molecular weight excluding hydrogens is 491 g/mol. The summed E-state index contributed by atoms with van der Waals surface area (Å²) < 4.78 is 21.5. The molecular formula is C27H25FN6O2S. The molecule has 1 aromatic carbocycles. The van der Waals surface area contributed by atoms with Crippen LogP contribution in [-0.2, 0) is 0 Å². The summed E-state index contributed by atoms with van der Waals surface area (Å²) in [5, 5.41) is 5.17. The number of thiophene rings is 1. The van der Waals surface area contributed by atoms with Gasteiger partial charge in [0.25, 0.3) is 0 Å². The minimum Gasteiger partial charge on any atom is -0.453 e. The van der Waals surface area contributed by atoms with E-state index in [1.807, 2.05) is 6.07 Å². The van der Waals surface area contributed by atoms with Gasteiger partial charge >= 0.3 is 6.03 Å². The molecule has 0 unspecified atom stereocenters. The molecule has 10 heteroatoms. The number of urea groups is 1. The predicted molar refractivity (Wildman–Crippen MR) is 144 cm³/mol. The van der Waals surface area contributed by atoms with E-state index < -0.39 is 11.8 Å². The Hall–Kier alpha value is -4.04. The number of pyridine rings is 2. The van der Waals surface area contributed by atoms with E-state index in [9.17, 15) is 9.18 Å². The molecule has 3 aromatic heterocycles. The zero-order valence-electron chi connectivity index (χ0n) is 20.2. The molecule has 2 amide bonds. The van der Waals surface area contributed by atoms with Crippen LogP contribution in [0, 0.1) is 17.7 Å². The predicted octanol–water partition coefficient (Wildman–Crippen LogP) is 4.87. The van der Waals surface area contributed by atoms with Gasteiger partial charge in [-0.05, 0) is 37.4 Å². The highest BCUT2D eigenvalue weighted by Crippen LogP contribution is 2.36. The molecule has 37 heavy (non-hydrogen) atoms. The fraction of sp³-hybridized carbons (Fsp3) is 0.222. The number of piperazine rings is 1. The van der Waals surface area contributed by atoms with Crippen LogP contribution in [0.1, 0.15) is 4.88 Å². The number of amides is 2. The first-order valence-corrected chi connectivity index (χ1v) is 12.6. The van der Waals surface area contributed by atoms with Gasteiger partial charge in [-0.25, -0.2) is 14.2 Å². The molecule has 1 saturated heterocycles. The molecule has 2 N–H and O–H groups in total. The van der Waals surface area contributed by atoms with Crippen molar-refractivity contribution in [1.82, 2.24) is 19.8 Å². The number of hydrogen-bond acceptors (Lipinski definition) is 7. The number of nitrogens with zero attached hydrogens (tertiary/aromatic N) is 4. The zero-order valence-corrected chi connectivity index (χ0v) is 21.0. The molecule has 0 radical (unpaired) electrons. The SMILES string of the molecule is CN1CCN(CC#Cc2cc3nccc(Oc4ccc(NC(=O)Nc5ccccn5)cc4F)c3s2)CC1. The molecule has 0 bridgehead atoms. The highest BCUT2D eigenvalue weighted by molar-refractivity contribution is 7.19. The number of fused-ring (bicyclic) bond motifs is 1. The largest absolute Gasteiger partial charge is 0.453 e. The fourth-order valence-corrected chi connectivity index (χ4v) is 4.74. The van der Waals surface area contributed by atoms with E-state index in [0.29, 0.717) is 11.6 Å². The number of carbonyl (C=O) groups is 1. The van der Waals surface area contributed by atoms with Crippen LogP contribution in [0.3, 0.4) is 0 Å². The lowest BCUT2D eigenvalue weighted by molar-refractivity contribution is 0.168. The van der Waals surface area contributed by atoms with Crippen LogP contribution < -0.4 is 15.4 Å². The minimum atomic E-state index is -0.607. The molecule has 0 saturated carbocycles. The minimum absolute atomic E-state index is 0.0410. The summed E-state index contributed by atoms with van der Waals surface area (Å²) in [5.41, 5.74) is 1.03. The number of rotatable bonds is 5. The normalized spacial score (nSPS) is 14.1. The van der Waals surface area contributed by atoms with Crippen molar-refractivity contribution in [3.8, 4) is 23.3 Å². The molecule has 4 aromatic rings. The lowest BCUT2D eigenvalue weighted by Crippen LogP contribution is -2.44. The molecule has 1 fully saturated rings. The lowest BCUT2D eigenvalue weighted by atomic mass is 10.3. The van der Waals surface area contributed by atoms with Gasteiger partial charge in [-0.3, -0.25) is 15.2 Å². The fourth-order valence-electron chi connectivity index (χ4n) is 3.80. The van der Waals surface area contributed by atoms with Crippen molar-refractivity contribution in [2.45, 2.75) is 0 Å². The van der Waals surface area contributed by atoms with E-state index in [-0.39, 0.29) is 11.4 Å². The van der Waals surface area contributed by atoms with Gasteiger partial charge in [0, 0.05) is 56.4 Å². The Morgan fingerprint density at radius 2 is 1.92 bits per heavy atom. The van der Waals surface area contributed by atoms with Crippen molar-refractivity contribution in [2.24, 2.45) is 0 Å². The summed E-state index contributed by atoms with van der Waals surface area (Å²) >= 11 is 1.47. The Bertz CT molecular complexity index is 1460. The third-order valence-electron chi connectivity index (χ3n) is 5.80. The topological polar surface area (TPSA) is 82.6 Å². The van der Waals surface area contributed by atoms with Gasteiger partial charge in [0.15, 0.2) is 11.6 Å². The van der Waals surface area contributed by atoms with Crippen LogP contribution in [-0.4, -0.2) is 65.6 Å². The van der Waals surface area contributed by atoms with E-state index in [0.717, 1.165) is 47.8 Å². The monoisotopic (exact) mass is 516 g/mol. The number of ether oxygens (including phenoxy) is 1. The number of nitrogens with one attached hydrogen (secondary N) is 2. The molecule has 188 valence electrons. The van der Waals surface area contributed by atoms with Crippen LogP contribution in [0.5, 0.6) is 11.5 Å². The first-order chi connectivity index (χ1) is 18.0. The Kier molecular flexibility index (Phi) is 7.56. The zero-order chi connectivity index (χ0) is 25.6. The summed E-state index contributed by atoms with van der Waals surface area (Å²) in [4.78, 5) is 26.1. The van der Waals surface area contributed by atoms with Gasteiger partial charge in [-0.15, -0.1) is 11.3 Å². The van der Waals surface area contributed by atoms with E-state index in [1.54, 1.807) is 42.7 Å². The second-order valence-corrected chi connectivity index (χ2v) is 9.61. The third kappa shape index (κ3) is 6.40. The van der Waals surface area contributed by atoms with Gasteiger partial charge in [-0.2, -0.15) is 0 Å². The smallest absolute Gasteiger partial charge is 0.324 e. The van der Waals surface area contributed by atoms with Crippen molar-refractivity contribution in [3.05, 3.63) is 71.6 Å². The third-order valence-corrected chi connectivity index (χ3v) is 6.86. The van der Waals surface area contributed by atoms with E-state index in [2.05, 4.69) is 49.3 Å². The number of halogens is 1. The van der Waals surface area contributed by atoms with Crippen molar-refractivity contribution in [1.29, 1.82) is 0 Å². The second-order valence-electron chi connectivity index (χ2n) is 8.56. The average Bonchev–Trinajstić information content (AvgIpc) is 3.31. The number of benzene rings is 1. The molecule has 1 aliphatic heterocycles. The van der Waals surface area contributed by atoms with Crippen LogP contribution in [0.25, 0.3) is 10.2 Å². The van der Waals surface area contributed by atoms with Crippen molar-refractivity contribution in [2.75, 3.05) is 50.4 Å². The van der Waals surface area contributed by atoms with Crippen LogP contribution in [0.15, 0.2) is 60.9 Å². The Morgan fingerprint density at radius 3 is 2.70 bits per heavy atom. The highest BCUT2D eigenvalue weighted by atomic mass is 32.1. The standard InChI is InChI=1S/C27H25FN6O2S/c1-33-13-15-34(16-14-33)12-4-5-20-18-22-26(37-20)24(9-11-29-22)36-23-8-7-19(17-21(23)28)31-27(35)32-25-6-2-3-10-30-25/h2-3,6-11,17-18H,12-16H2,1H3,(H2,30,31,32,35). The second kappa shape index (κ2) is 11.3. The Labute approximate surface area is 218 Å². The molecule has 4 heterocycles. The summed E-state index contributed by atoms with van der Waals surface area (Å²) in [7, 11) is 2.13. The first kappa shape index (κ1) is 24.6. The van der Waals surface area contributed by atoms with Gasteiger partial charge in [0.1, 0.15) is 11.6 Å². The average molecular weight is 517 g/mol. The maximum absolute atomic E-state index is 14.8. The van der Waals surface area contributed by atoms with Gasteiger partial charge in [-0.1, -0.05) is 17.9 Å². The maximum atomic E-state index is 14.8. The van der Waals surface area contributed by atoms with Crippen molar-refractivity contribution in [3.63, 3.8) is 0 Å². The number of likely N-dealkylation sites (N-methyl/N-ethyl adjacent to an activating group) is 1. The summed E-state index contributed by atoms with van der Waals surface area (Å²) in [6.07, 6.45) is 3.19. The van der Waals surface area contributed by atoms with Crippen LogP contribution >= 0.6 is 11.3 Å². The number of hydrogen-bond donors (Lipinski definition) is 2. The van der Waals surface area contributed by atoms with Crippen molar-refractivity contribution >= 4 is 39.1 Å². The van der Waals surface area contributed by atoms with Gasteiger partial charge in [0.2, 0.25) is 0 Å². The summed E-state index contributed by atoms with van der Waals surface area (Å²) in [5.74, 6) is 6.81. The molecule has 8 nitrogen and oxygen atoms in total. The number of anilines is 2. The summed E-state index contributed by atoms with van der Waals surface area (Å²) in [6, 6.07) is 12.5. The number of aromatic nitrogens is 2. The molecule has 0 atom stereocenters. The Balaban J connectivity index is 1.25. The van der Waals surface area contributed by atoms with Crippen LogP contribution in [0.4, 0.5) is 20.7 Å². The molecule has 0 aliphatic carbocycles. The Morgan fingerprint density at radius 1 is 1.05 bits per heavy atom. The quantitative estimate of drug-likeness (QED) is 0.369. The summed E-state index contributed by atoms with van der Waals surface area (Å²) in [6.45, 7) is 4.88.